The molecule has 1 saturated heterocycles. The van der Waals surface area contributed by atoms with Crippen LogP contribution in [0, 0.1) is 0 Å². The Balaban J connectivity index is 1.49. The molecule has 4 nitrogen and oxygen atoms in total. The lowest BCUT2D eigenvalue weighted by atomic mass is 9.95. The summed E-state index contributed by atoms with van der Waals surface area (Å²) in [4.78, 5) is 2.57. The van der Waals surface area contributed by atoms with Crippen molar-refractivity contribution in [3.05, 3.63) is 94.9 Å². The minimum Gasteiger partial charge on any atom is -0.493 e. The predicted octanol–water partition coefficient (Wildman–Crippen LogP) is 5.48. The van der Waals surface area contributed by atoms with E-state index in [1.165, 1.54) is 21.2 Å². The number of hydrogen-bond donors (Lipinski definition) is 1. The second-order valence-corrected chi connectivity index (χ2v) is 8.97. The number of nitrogens with zero attached hydrogens (tertiary/aromatic N) is 1. The second kappa shape index (κ2) is 9.74. The zero-order chi connectivity index (χ0) is 21.8. The zero-order valence-corrected chi connectivity index (χ0v) is 19.1. The van der Waals surface area contributed by atoms with Gasteiger partial charge in [-0.1, -0.05) is 54.6 Å². The molecular weight excluding hydrogens is 416 g/mol. The van der Waals surface area contributed by atoms with Crippen LogP contribution >= 0.6 is 11.3 Å². The van der Waals surface area contributed by atoms with E-state index in [1.807, 2.05) is 29.5 Å². The number of piperazine rings is 1. The van der Waals surface area contributed by atoms with Crippen LogP contribution in [0.2, 0.25) is 0 Å². The van der Waals surface area contributed by atoms with E-state index >= 15 is 0 Å². The van der Waals surface area contributed by atoms with Crippen molar-refractivity contribution in [2.24, 2.45) is 0 Å². The van der Waals surface area contributed by atoms with Crippen molar-refractivity contribution in [1.82, 2.24) is 10.2 Å². The van der Waals surface area contributed by atoms with Gasteiger partial charge in [0.1, 0.15) is 6.61 Å². The molecular formula is C27H28N2O2S. The standard InChI is InChI=1S/C27H28N2O2S/c1-30-25-17-21(11-12-24(25)31-18-20-7-3-2-4-8-20)27(29-15-13-28-14-16-29)23-19-32-26-10-6-5-9-22(23)26/h2-12,17,19,27-28H,13-16,18H2,1H3. The molecule has 1 N–H and O–H groups in total. The van der Waals surface area contributed by atoms with Gasteiger partial charge in [-0.25, -0.2) is 0 Å². The summed E-state index contributed by atoms with van der Waals surface area (Å²) in [5.74, 6) is 1.55. The van der Waals surface area contributed by atoms with E-state index in [0.717, 1.165) is 43.2 Å². The molecule has 5 heteroatoms. The van der Waals surface area contributed by atoms with Crippen molar-refractivity contribution < 1.29 is 9.47 Å². The van der Waals surface area contributed by atoms with Crippen LogP contribution in [0.1, 0.15) is 22.7 Å². The van der Waals surface area contributed by atoms with Crippen LogP contribution in [0.4, 0.5) is 0 Å². The van der Waals surface area contributed by atoms with Crippen LogP contribution in [-0.2, 0) is 6.61 Å². The van der Waals surface area contributed by atoms with Gasteiger partial charge in [0.2, 0.25) is 0 Å². The molecule has 0 aliphatic carbocycles. The minimum absolute atomic E-state index is 0.185. The fourth-order valence-electron chi connectivity index (χ4n) is 4.45. The normalized spacial score (nSPS) is 15.5. The highest BCUT2D eigenvalue weighted by Gasteiger charge is 2.27. The van der Waals surface area contributed by atoms with Crippen molar-refractivity contribution in [3.63, 3.8) is 0 Å². The fourth-order valence-corrected chi connectivity index (χ4v) is 5.43. The van der Waals surface area contributed by atoms with Crippen molar-refractivity contribution in [1.29, 1.82) is 0 Å². The monoisotopic (exact) mass is 444 g/mol. The molecule has 5 rings (SSSR count). The van der Waals surface area contributed by atoms with E-state index in [1.54, 1.807) is 7.11 Å². The van der Waals surface area contributed by atoms with Gasteiger partial charge in [0.05, 0.1) is 13.2 Å². The maximum Gasteiger partial charge on any atom is 0.161 e. The predicted molar refractivity (Wildman–Crippen MR) is 132 cm³/mol. The first-order valence-electron chi connectivity index (χ1n) is 11.1. The van der Waals surface area contributed by atoms with E-state index < -0.39 is 0 Å². The number of nitrogens with one attached hydrogen (secondary N) is 1. The first kappa shape index (κ1) is 21.0. The molecule has 0 bridgehead atoms. The average Bonchev–Trinajstić information content (AvgIpc) is 3.28. The summed E-state index contributed by atoms with van der Waals surface area (Å²) in [6.07, 6.45) is 0. The van der Waals surface area contributed by atoms with Gasteiger partial charge in [-0.15, -0.1) is 11.3 Å². The lowest BCUT2D eigenvalue weighted by molar-refractivity contribution is 0.199. The van der Waals surface area contributed by atoms with Gasteiger partial charge in [-0.3, -0.25) is 4.90 Å². The summed E-state index contributed by atoms with van der Waals surface area (Å²) in [5.41, 5.74) is 3.74. The number of rotatable bonds is 7. The Bertz CT molecular complexity index is 1170. The highest BCUT2D eigenvalue weighted by molar-refractivity contribution is 7.17. The number of fused-ring (bicyclic) bond motifs is 1. The Kier molecular flexibility index (Phi) is 6.39. The summed E-state index contributed by atoms with van der Waals surface area (Å²) < 4.78 is 13.2. The fraction of sp³-hybridized carbons (Fsp3) is 0.259. The minimum atomic E-state index is 0.185. The number of benzene rings is 3. The maximum absolute atomic E-state index is 6.11. The Morgan fingerprint density at radius 3 is 2.53 bits per heavy atom. The summed E-state index contributed by atoms with van der Waals surface area (Å²) >= 11 is 1.82. The molecule has 2 heterocycles. The molecule has 32 heavy (non-hydrogen) atoms. The molecule has 0 radical (unpaired) electrons. The van der Waals surface area contributed by atoms with E-state index in [4.69, 9.17) is 9.47 Å². The first-order valence-corrected chi connectivity index (χ1v) is 12.0. The topological polar surface area (TPSA) is 33.7 Å². The van der Waals surface area contributed by atoms with Gasteiger partial charge in [0.15, 0.2) is 11.5 Å². The third-order valence-corrected chi connectivity index (χ3v) is 7.04. The highest BCUT2D eigenvalue weighted by atomic mass is 32.1. The van der Waals surface area contributed by atoms with Crippen LogP contribution in [0.25, 0.3) is 10.1 Å². The molecule has 0 saturated carbocycles. The van der Waals surface area contributed by atoms with E-state index in [9.17, 15) is 0 Å². The maximum atomic E-state index is 6.11. The SMILES string of the molecule is COc1cc(C(c2csc3ccccc23)N2CCNCC2)ccc1OCc1ccccc1. The van der Waals surface area contributed by atoms with Gasteiger partial charge >= 0.3 is 0 Å². The van der Waals surface area contributed by atoms with E-state index in [-0.39, 0.29) is 6.04 Å². The van der Waals surface area contributed by atoms with Gasteiger partial charge in [-0.2, -0.15) is 0 Å². The lowest BCUT2D eigenvalue weighted by Crippen LogP contribution is -2.45. The third-order valence-electron chi connectivity index (χ3n) is 6.06. The smallest absolute Gasteiger partial charge is 0.161 e. The quantitative estimate of drug-likeness (QED) is 0.409. The number of ether oxygens (including phenoxy) is 2. The molecule has 1 aliphatic rings. The molecule has 4 aromatic rings. The van der Waals surface area contributed by atoms with Gasteiger partial charge < -0.3 is 14.8 Å². The summed E-state index contributed by atoms with van der Waals surface area (Å²) in [6.45, 7) is 4.57. The Labute approximate surface area is 193 Å². The van der Waals surface area contributed by atoms with Crippen LogP contribution in [0.5, 0.6) is 11.5 Å². The lowest BCUT2D eigenvalue weighted by Gasteiger charge is -2.35. The molecule has 1 aromatic heterocycles. The number of hydrogen-bond acceptors (Lipinski definition) is 5. The van der Waals surface area contributed by atoms with Gasteiger partial charge in [-0.05, 0) is 45.7 Å². The van der Waals surface area contributed by atoms with E-state index in [2.05, 4.69) is 70.2 Å². The molecule has 1 atom stereocenters. The Hall–Kier alpha value is -2.86. The third kappa shape index (κ3) is 4.37. The Morgan fingerprint density at radius 1 is 0.938 bits per heavy atom. The second-order valence-electron chi connectivity index (χ2n) is 8.06. The van der Waals surface area contributed by atoms with Crippen molar-refractivity contribution in [3.8, 4) is 11.5 Å². The van der Waals surface area contributed by atoms with Crippen LogP contribution < -0.4 is 14.8 Å². The molecule has 1 unspecified atom stereocenters. The van der Waals surface area contributed by atoms with Crippen LogP contribution in [-0.4, -0.2) is 38.2 Å². The number of thiophene rings is 1. The van der Waals surface area contributed by atoms with Crippen molar-refractivity contribution in [2.45, 2.75) is 12.6 Å². The highest BCUT2D eigenvalue weighted by Crippen LogP contribution is 2.40. The molecule has 1 fully saturated rings. The first-order chi connectivity index (χ1) is 15.8. The summed E-state index contributed by atoms with van der Waals surface area (Å²) in [7, 11) is 1.72. The van der Waals surface area contributed by atoms with Crippen molar-refractivity contribution >= 4 is 21.4 Å². The summed E-state index contributed by atoms with van der Waals surface area (Å²) in [6, 6.07) is 25.5. The zero-order valence-electron chi connectivity index (χ0n) is 18.3. The molecule has 3 aromatic carbocycles. The molecule has 0 amide bonds. The average molecular weight is 445 g/mol. The molecule has 164 valence electrons. The van der Waals surface area contributed by atoms with Crippen LogP contribution in [0.3, 0.4) is 0 Å². The largest absolute Gasteiger partial charge is 0.493 e. The van der Waals surface area contributed by atoms with Gasteiger partial charge in [0.25, 0.3) is 0 Å². The van der Waals surface area contributed by atoms with Crippen molar-refractivity contribution in [2.75, 3.05) is 33.3 Å². The summed E-state index contributed by atoms with van der Waals surface area (Å²) in [5, 5.41) is 7.14. The van der Waals surface area contributed by atoms with Crippen LogP contribution in [0.15, 0.2) is 78.2 Å². The van der Waals surface area contributed by atoms with Gasteiger partial charge in [0, 0.05) is 30.9 Å². The molecule has 0 spiro atoms. The Morgan fingerprint density at radius 2 is 1.72 bits per heavy atom. The van der Waals surface area contributed by atoms with E-state index in [0.29, 0.717) is 6.61 Å². The molecule has 1 aliphatic heterocycles. The number of methoxy groups -OCH3 is 1.